The number of aliphatic hydroxyl groups excluding tert-OH is 1. The molecule has 18 heavy (non-hydrogen) atoms. The van der Waals surface area contributed by atoms with Crippen molar-refractivity contribution in [3.8, 4) is 0 Å². The lowest BCUT2D eigenvalue weighted by molar-refractivity contribution is 0.145. The van der Waals surface area contributed by atoms with Crippen LogP contribution in [0, 0.1) is 5.92 Å². The fourth-order valence-corrected chi connectivity index (χ4v) is 3.63. The minimum absolute atomic E-state index is 0.210. The third-order valence-electron chi connectivity index (χ3n) is 3.95. The second kappa shape index (κ2) is 6.87. The van der Waals surface area contributed by atoms with Gasteiger partial charge in [0.25, 0.3) is 0 Å². The highest BCUT2D eigenvalue weighted by molar-refractivity contribution is 7.92. The van der Waals surface area contributed by atoms with Gasteiger partial charge in [-0.05, 0) is 26.2 Å². The molecule has 3 N–H and O–H groups in total. The summed E-state index contributed by atoms with van der Waals surface area (Å²) in [5.74, 6) is 0.351. The van der Waals surface area contributed by atoms with E-state index in [0.717, 1.165) is 19.3 Å². The molecule has 108 valence electrons. The molecule has 0 radical (unpaired) electrons. The lowest BCUT2D eigenvalue weighted by Gasteiger charge is -2.27. The average molecular weight is 277 g/mol. The summed E-state index contributed by atoms with van der Waals surface area (Å²) in [5, 5.41) is 9.48. The molecule has 0 heterocycles. The van der Waals surface area contributed by atoms with E-state index in [1.54, 1.807) is 13.8 Å². The highest BCUT2D eigenvalue weighted by Gasteiger charge is 2.27. The zero-order chi connectivity index (χ0) is 13.8. The van der Waals surface area contributed by atoms with Gasteiger partial charge in [0.05, 0.1) is 17.1 Å². The minimum atomic E-state index is -3.21. The maximum atomic E-state index is 11.7. The van der Waals surface area contributed by atoms with E-state index in [2.05, 4.69) is 0 Å². The van der Waals surface area contributed by atoms with Crippen molar-refractivity contribution < 1.29 is 13.5 Å². The van der Waals surface area contributed by atoms with E-state index < -0.39 is 27.2 Å². The molecule has 0 aliphatic heterocycles. The quantitative estimate of drug-likeness (QED) is 0.770. The van der Waals surface area contributed by atoms with E-state index in [1.807, 2.05) is 0 Å². The lowest BCUT2D eigenvalue weighted by Crippen LogP contribution is -2.42. The Morgan fingerprint density at radius 1 is 1.22 bits per heavy atom. The summed E-state index contributed by atoms with van der Waals surface area (Å²) in [6, 6.07) is -0.415. The van der Waals surface area contributed by atoms with Crippen molar-refractivity contribution in [1.29, 1.82) is 0 Å². The highest BCUT2D eigenvalue weighted by Crippen LogP contribution is 2.27. The number of sulfone groups is 1. The fourth-order valence-electron chi connectivity index (χ4n) is 2.52. The molecule has 0 aromatic heterocycles. The van der Waals surface area contributed by atoms with Crippen LogP contribution in [0.3, 0.4) is 0 Å². The van der Waals surface area contributed by atoms with Gasteiger partial charge in [-0.3, -0.25) is 0 Å². The molecule has 1 rings (SSSR count). The van der Waals surface area contributed by atoms with Crippen molar-refractivity contribution >= 4 is 9.84 Å². The van der Waals surface area contributed by atoms with Gasteiger partial charge in [-0.2, -0.15) is 0 Å². The van der Waals surface area contributed by atoms with Crippen LogP contribution >= 0.6 is 0 Å². The fraction of sp³-hybridized carbons (Fsp3) is 1.00. The van der Waals surface area contributed by atoms with E-state index in [4.69, 9.17) is 5.73 Å². The Morgan fingerprint density at radius 3 is 2.28 bits per heavy atom. The smallest absolute Gasteiger partial charge is 0.155 e. The molecule has 5 heteroatoms. The van der Waals surface area contributed by atoms with Crippen molar-refractivity contribution in [1.82, 2.24) is 0 Å². The van der Waals surface area contributed by atoms with E-state index in [0.29, 0.717) is 5.92 Å². The summed E-state index contributed by atoms with van der Waals surface area (Å²) in [6.07, 6.45) is 5.90. The van der Waals surface area contributed by atoms with Gasteiger partial charge in [-0.15, -0.1) is 0 Å². The van der Waals surface area contributed by atoms with Gasteiger partial charge in [-0.1, -0.05) is 32.1 Å². The molecule has 0 bridgehead atoms. The monoisotopic (exact) mass is 277 g/mol. The first-order valence-electron chi connectivity index (χ1n) is 6.98. The second-order valence-corrected chi connectivity index (χ2v) is 8.45. The summed E-state index contributed by atoms with van der Waals surface area (Å²) in [5.41, 5.74) is 5.94. The summed E-state index contributed by atoms with van der Waals surface area (Å²) >= 11 is 0. The van der Waals surface area contributed by atoms with Gasteiger partial charge < -0.3 is 10.8 Å². The SMILES string of the molecule is CC(C)S(=O)(=O)CC(O)C(N)CC1CCCCC1. The molecule has 2 atom stereocenters. The van der Waals surface area contributed by atoms with Gasteiger partial charge >= 0.3 is 0 Å². The van der Waals surface area contributed by atoms with Crippen molar-refractivity contribution in [2.24, 2.45) is 11.7 Å². The molecule has 0 amide bonds. The molecule has 1 aliphatic carbocycles. The number of hydrogen-bond donors (Lipinski definition) is 2. The largest absolute Gasteiger partial charge is 0.390 e. The predicted octanol–water partition coefficient (Wildman–Crippen LogP) is 1.47. The van der Waals surface area contributed by atoms with Gasteiger partial charge in [0.1, 0.15) is 0 Å². The van der Waals surface area contributed by atoms with Crippen LogP contribution in [-0.4, -0.2) is 36.7 Å². The zero-order valence-electron chi connectivity index (χ0n) is 11.5. The van der Waals surface area contributed by atoms with Gasteiger partial charge in [0.15, 0.2) is 9.84 Å². The van der Waals surface area contributed by atoms with E-state index in [1.165, 1.54) is 19.3 Å². The zero-order valence-corrected chi connectivity index (χ0v) is 12.3. The summed E-state index contributed by atoms with van der Waals surface area (Å²) < 4.78 is 23.4. The Kier molecular flexibility index (Phi) is 6.08. The molecule has 0 spiro atoms. The second-order valence-electron chi connectivity index (χ2n) is 5.85. The highest BCUT2D eigenvalue weighted by atomic mass is 32.2. The normalized spacial score (nSPS) is 22.1. The van der Waals surface area contributed by atoms with Crippen molar-refractivity contribution in [3.63, 3.8) is 0 Å². The number of rotatable bonds is 6. The third kappa shape index (κ3) is 4.86. The molecule has 2 unspecified atom stereocenters. The maximum Gasteiger partial charge on any atom is 0.155 e. The van der Waals surface area contributed by atoms with Crippen LogP contribution in [0.5, 0.6) is 0 Å². The molecule has 1 saturated carbocycles. The van der Waals surface area contributed by atoms with Gasteiger partial charge in [0, 0.05) is 6.04 Å². The van der Waals surface area contributed by atoms with E-state index in [-0.39, 0.29) is 5.75 Å². The Hall–Kier alpha value is -0.130. The Balaban J connectivity index is 2.43. The van der Waals surface area contributed by atoms with E-state index in [9.17, 15) is 13.5 Å². The maximum absolute atomic E-state index is 11.7. The standard InChI is InChI=1S/C13H27NO3S/c1-10(2)18(16,17)9-13(15)12(14)8-11-6-4-3-5-7-11/h10-13,15H,3-9,14H2,1-2H3. The number of hydrogen-bond acceptors (Lipinski definition) is 4. The molecule has 0 saturated heterocycles. The summed E-state index contributed by atoms with van der Waals surface area (Å²) in [6.45, 7) is 3.27. The lowest BCUT2D eigenvalue weighted by atomic mass is 9.84. The first-order valence-corrected chi connectivity index (χ1v) is 8.69. The van der Waals surface area contributed by atoms with Crippen LogP contribution in [0.2, 0.25) is 0 Å². The van der Waals surface area contributed by atoms with Gasteiger partial charge in [-0.25, -0.2) is 8.42 Å². The number of nitrogens with two attached hydrogens (primary N) is 1. The first kappa shape index (κ1) is 15.9. The van der Waals surface area contributed by atoms with E-state index >= 15 is 0 Å². The minimum Gasteiger partial charge on any atom is -0.390 e. The van der Waals surface area contributed by atoms with Crippen molar-refractivity contribution in [2.45, 2.75) is 69.8 Å². The Bertz CT molecular complexity index is 334. The topological polar surface area (TPSA) is 80.4 Å². The Morgan fingerprint density at radius 2 is 1.78 bits per heavy atom. The number of aliphatic hydroxyl groups is 1. The van der Waals surface area contributed by atoms with Crippen LogP contribution in [0.4, 0.5) is 0 Å². The molecule has 1 aliphatic rings. The van der Waals surface area contributed by atoms with Crippen molar-refractivity contribution in [2.75, 3.05) is 5.75 Å². The molecular formula is C13H27NO3S. The molecular weight excluding hydrogens is 250 g/mol. The van der Waals surface area contributed by atoms with Crippen LogP contribution in [0.25, 0.3) is 0 Å². The predicted molar refractivity (Wildman–Crippen MR) is 74.1 cm³/mol. The average Bonchev–Trinajstić information content (AvgIpc) is 2.29. The van der Waals surface area contributed by atoms with Crippen LogP contribution in [-0.2, 0) is 9.84 Å². The van der Waals surface area contributed by atoms with Crippen LogP contribution in [0.1, 0.15) is 52.4 Å². The summed E-state index contributed by atoms with van der Waals surface area (Å²) in [4.78, 5) is 0. The van der Waals surface area contributed by atoms with Crippen LogP contribution < -0.4 is 5.73 Å². The van der Waals surface area contributed by atoms with Crippen molar-refractivity contribution in [3.05, 3.63) is 0 Å². The first-order chi connectivity index (χ1) is 8.33. The summed E-state index contributed by atoms with van der Waals surface area (Å²) in [7, 11) is -3.21. The molecule has 1 fully saturated rings. The molecule has 0 aromatic carbocycles. The molecule has 4 nitrogen and oxygen atoms in total. The third-order valence-corrected chi connectivity index (χ3v) is 6.19. The molecule has 0 aromatic rings. The van der Waals surface area contributed by atoms with Gasteiger partial charge in [0.2, 0.25) is 0 Å². The Labute approximate surface area is 111 Å². The van der Waals surface area contributed by atoms with Crippen LogP contribution in [0.15, 0.2) is 0 Å².